The highest BCUT2D eigenvalue weighted by atomic mass is 16.7. The van der Waals surface area contributed by atoms with Gasteiger partial charge < -0.3 is 19.5 Å². The number of fused-ring (bicyclic) bond motifs is 1. The zero-order chi connectivity index (χ0) is 24.7. The van der Waals surface area contributed by atoms with Crippen molar-refractivity contribution in [2.45, 2.75) is 0 Å². The Bertz CT molecular complexity index is 1420. The number of hydrogen-bond donors (Lipinski definition) is 2. The number of imide groups is 1. The molecule has 1 aliphatic rings. The monoisotopic (exact) mass is 469 g/mol. The predicted octanol–water partition coefficient (Wildman–Crippen LogP) is 2.42. The van der Waals surface area contributed by atoms with Crippen LogP contribution >= 0.6 is 0 Å². The summed E-state index contributed by atoms with van der Waals surface area (Å²) in [5, 5.41) is 26.2. The van der Waals surface area contributed by atoms with Gasteiger partial charge in [0.15, 0.2) is 11.5 Å². The number of amides is 4. The maximum atomic E-state index is 12.5. The summed E-state index contributed by atoms with van der Waals surface area (Å²) in [6.07, 6.45) is 0. The number of rotatable bonds is 6. The number of carbonyl (C=O) groups excluding carboxylic acids is 4. The number of furan rings is 2. The molecule has 0 saturated heterocycles. The first-order chi connectivity index (χ1) is 16.1. The van der Waals surface area contributed by atoms with Gasteiger partial charge in [-0.2, -0.15) is 0 Å². The SMILES string of the molecule is CN1C(=O)c2cc(NC(=O)c3ccc([N+](=O)[O-])o3)cc(NC(=O)c3ccc([N+](=O)[O-])o3)c2C1=O. The highest BCUT2D eigenvalue weighted by Gasteiger charge is 2.36. The van der Waals surface area contributed by atoms with Crippen LogP contribution in [0.1, 0.15) is 41.8 Å². The lowest BCUT2D eigenvalue weighted by Crippen LogP contribution is -2.24. The average molecular weight is 469 g/mol. The van der Waals surface area contributed by atoms with E-state index in [-0.39, 0.29) is 22.5 Å². The average Bonchev–Trinajstić information content (AvgIpc) is 3.51. The second-order valence-corrected chi connectivity index (χ2v) is 6.81. The van der Waals surface area contributed by atoms with Crippen molar-refractivity contribution in [3.05, 3.63) is 79.3 Å². The van der Waals surface area contributed by atoms with Gasteiger partial charge in [0, 0.05) is 12.7 Å². The number of nitrogens with one attached hydrogen (secondary N) is 2. The molecule has 0 unspecified atom stereocenters. The van der Waals surface area contributed by atoms with Gasteiger partial charge in [0.2, 0.25) is 0 Å². The van der Waals surface area contributed by atoms with Crippen molar-refractivity contribution in [2.75, 3.05) is 17.7 Å². The topological polar surface area (TPSA) is 208 Å². The lowest BCUT2D eigenvalue weighted by molar-refractivity contribution is -0.402. The molecule has 0 bridgehead atoms. The third-order valence-corrected chi connectivity index (χ3v) is 4.69. The molecular weight excluding hydrogens is 458 g/mol. The van der Waals surface area contributed by atoms with Gasteiger partial charge >= 0.3 is 11.8 Å². The summed E-state index contributed by atoms with van der Waals surface area (Å²) in [6, 6.07) is 6.39. The van der Waals surface area contributed by atoms with Gasteiger partial charge in [-0.3, -0.25) is 44.3 Å². The Morgan fingerprint density at radius 2 is 1.38 bits per heavy atom. The van der Waals surface area contributed by atoms with E-state index in [0.717, 1.165) is 35.2 Å². The highest BCUT2D eigenvalue weighted by Crippen LogP contribution is 2.33. The van der Waals surface area contributed by atoms with Crippen LogP contribution in [0.25, 0.3) is 0 Å². The van der Waals surface area contributed by atoms with Crippen LogP contribution in [0.4, 0.5) is 23.1 Å². The molecular formula is C19H11N5O10. The van der Waals surface area contributed by atoms with Gasteiger partial charge in [-0.15, -0.1) is 0 Å². The van der Waals surface area contributed by atoms with Crippen LogP contribution in [0.3, 0.4) is 0 Å². The second-order valence-electron chi connectivity index (χ2n) is 6.81. The van der Waals surface area contributed by atoms with Crippen LogP contribution in [0.5, 0.6) is 0 Å². The molecule has 15 nitrogen and oxygen atoms in total. The Kier molecular flexibility index (Phi) is 5.13. The van der Waals surface area contributed by atoms with Crippen LogP contribution in [0, 0.1) is 20.2 Å². The van der Waals surface area contributed by atoms with Crippen molar-refractivity contribution in [1.29, 1.82) is 0 Å². The van der Waals surface area contributed by atoms with Crippen molar-refractivity contribution in [1.82, 2.24) is 4.90 Å². The molecule has 1 aromatic carbocycles. The van der Waals surface area contributed by atoms with Crippen molar-refractivity contribution in [3.8, 4) is 0 Å². The molecule has 0 fully saturated rings. The summed E-state index contributed by atoms with van der Waals surface area (Å²) in [4.78, 5) is 70.6. The fraction of sp³-hybridized carbons (Fsp3) is 0.0526. The molecule has 0 atom stereocenters. The Balaban J connectivity index is 1.68. The zero-order valence-electron chi connectivity index (χ0n) is 16.9. The van der Waals surface area contributed by atoms with E-state index < -0.39 is 56.8 Å². The highest BCUT2D eigenvalue weighted by molar-refractivity contribution is 6.25. The number of hydrogen-bond acceptors (Lipinski definition) is 10. The molecule has 3 aromatic rings. The van der Waals surface area contributed by atoms with Crippen LogP contribution in [0.15, 0.2) is 45.2 Å². The van der Waals surface area contributed by atoms with E-state index in [4.69, 9.17) is 8.83 Å². The summed E-state index contributed by atoms with van der Waals surface area (Å²) in [5.41, 5.74) is -0.560. The minimum absolute atomic E-state index is 0.0556. The number of carbonyl (C=O) groups is 4. The summed E-state index contributed by atoms with van der Waals surface area (Å²) < 4.78 is 9.65. The molecule has 0 spiro atoms. The van der Waals surface area contributed by atoms with Crippen molar-refractivity contribution in [3.63, 3.8) is 0 Å². The number of anilines is 2. The van der Waals surface area contributed by atoms with Crippen LogP contribution in [-0.4, -0.2) is 45.4 Å². The first-order valence-electron chi connectivity index (χ1n) is 9.18. The van der Waals surface area contributed by atoms with Gasteiger partial charge in [0.05, 0.1) is 28.9 Å². The van der Waals surface area contributed by atoms with E-state index in [9.17, 15) is 39.4 Å². The molecule has 0 radical (unpaired) electrons. The molecule has 4 amide bonds. The normalized spacial score (nSPS) is 12.4. The standard InChI is InChI=1S/C19H11N5O10/c1-22-18(27)9-6-8(20-16(25)11-2-4-13(33-11)23(29)30)7-10(15(9)19(22)28)21-17(26)12-3-5-14(34-12)24(31)32/h2-7H,1H3,(H,20,25)(H,21,26). The second kappa shape index (κ2) is 7.97. The fourth-order valence-electron chi connectivity index (χ4n) is 3.12. The molecule has 4 rings (SSSR count). The molecule has 15 heteroatoms. The molecule has 34 heavy (non-hydrogen) atoms. The van der Waals surface area contributed by atoms with E-state index in [1.54, 1.807) is 0 Å². The smallest absolute Gasteiger partial charge is 0.395 e. The Hall–Kier alpha value is -5.34. The quantitative estimate of drug-likeness (QED) is 0.306. The minimum atomic E-state index is -0.963. The van der Waals surface area contributed by atoms with Crippen LogP contribution < -0.4 is 10.6 Å². The van der Waals surface area contributed by atoms with Gasteiger partial charge in [0.25, 0.3) is 23.6 Å². The van der Waals surface area contributed by atoms with Gasteiger partial charge in [-0.25, -0.2) is 0 Å². The van der Waals surface area contributed by atoms with Gasteiger partial charge in [0.1, 0.15) is 9.85 Å². The summed E-state index contributed by atoms with van der Waals surface area (Å²) in [7, 11) is 1.21. The van der Waals surface area contributed by atoms with Crippen LogP contribution in [-0.2, 0) is 0 Å². The Morgan fingerprint density at radius 3 is 1.88 bits per heavy atom. The zero-order valence-corrected chi connectivity index (χ0v) is 16.9. The van der Waals surface area contributed by atoms with Crippen molar-refractivity contribution in [2.24, 2.45) is 0 Å². The predicted molar refractivity (Wildman–Crippen MR) is 109 cm³/mol. The largest absolute Gasteiger partial charge is 0.433 e. The number of nitrogens with zero attached hydrogens (tertiary/aromatic N) is 3. The van der Waals surface area contributed by atoms with Gasteiger partial charge in [-0.1, -0.05) is 0 Å². The maximum absolute atomic E-state index is 12.5. The molecule has 172 valence electrons. The van der Waals surface area contributed by atoms with Gasteiger partial charge in [-0.05, 0) is 24.3 Å². The van der Waals surface area contributed by atoms with Crippen LogP contribution in [0.2, 0.25) is 0 Å². The Labute approximate surface area is 187 Å². The minimum Gasteiger partial charge on any atom is -0.395 e. The first-order valence-corrected chi connectivity index (χ1v) is 9.18. The third kappa shape index (κ3) is 3.72. The summed E-state index contributed by atoms with van der Waals surface area (Å²) in [5.74, 6) is -5.51. The fourth-order valence-corrected chi connectivity index (χ4v) is 3.12. The molecule has 2 N–H and O–H groups in total. The lowest BCUT2D eigenvalue weighted by Gasteiger charge is -2.11. The Morgan fingerprint density at radius 1 is 0.853 bits per heavy atom. The molecule has 1 aliphatic heterocycles. The van der Waals surface area contributed by atoms with Crippen molar-refractivity contribution < 1.29 is 37.9 Å². The third-order valence-electron chi connectivity index (χ3n) is 4.69. The van der Waals surface area contributed by atoms with E-state index in [1.165, 1.54) is 13.1 Å². The van der Waals surface area contributed by atoms with E-state index in [0.29, 0.717) is 0 Å². The van der Waals surface area contributed by atoms with Crippen molar-refractivity contribution >= 4 is 46.8 Å². The molecule has 0 aliphatic carbocycles. The molecule has 0 saturated carbocycles. The summed E-state index contributed by atoms with van der Waals surface area (Å²) in [6.45, 7) is 0. The lowest BCUT2D eigenvalue weighted by atomic mass is 10.1. The number of benzene rings is 1. The maximum Gasteiger partial charge on any atom is 0.433 e. The first kappa shape index (κ1) is 21.9. The van der Waals surface area contributed by atoms with E-state index in [1.807, 2.05) is 0 Å². The number of nitro groups is 2. The molecule has 2 aromatic heterocycles. The molecule has 3 heterocycles. The van der Waals surface area contributed by atoms with E-state index >= 15 is 0 Å². The van der Waals surface area contributed by atoms with E-state index in [2.05, 4.69) is 10.6 Å². The summed E-state index contributed by atoms with van der Waals surface area (Å²) >= 11 is 0.